The maximum Gasteiger partial charge on any atom is 0.237 e. The summed E-state index contributed by atoms with van der Waals surface area (Å²) in [6, 6.07) is 0. The van der Waals surface area contributed by atoms with Crippen LogP contribution in [0.15, 0.2) is 0 Å². The molecule has 0 heterocycles. The van der Waals surface area contributed by atoms with Gasteiger partial charge in [0.25, 0.3) is 0 Å². The lowest BCUT2D eigenvalue weighted by molar-refractivity contribution is -0.167. The van der Waals surface area contributed by atoms with Gasteiger partial charge in [0.1, 0.15) is 6.54 Å². The highest BCUT2D eigenvalue weighted by atomic mass is 16.5. The van der Waals surface area contributed by atoms with Crippen LogP contribution in [0.5, 0.6) is 0 Å². The van der Waals surface area contributed by atoms with Gasteiger partial charge in [-0.25, -0.2) is 0 Å². The van der Waals surface area contributed by atoms with Gasteiger partial charge in [-0.3, -0.25) is 4.79 Å². The number of nitrogens with zero attached hydrogens (tertiary/aromatic N) is 1. The molecule has 0 aromatic carbocycles. The Labute approximate surface area is 99.0 Å². The summed E-state index contributed by atoms with van der Waals surface area (Å²) < 4.78 is 0. The van der Waals surface area contributed by atoms with E-state index in [2.05, 4.69) is 19.2 Å². The summed E-state index contributed by atoms with van der Waals surface area (Å²) in [5.41, 5.74) is -0.672. The number of hydrogen-bond donors (Lipinski definition) is 2. The highest BCUT2D eigenvalue weighted by Gasteiger charge is 2.27. The first kappa shape index (κ1) is 15.4. The van der Waals surface area contributed by atoms with Crippen molar-refractivity contribution in [2.24, 2.45) is 5.92 Å². The van der Waals surface area contributed by atoms with Gasteiger partial charge < -0.3 is 10.5 Å². The second-order valence-corrected chi connectivity index (χ2v) is 6.15. The molecule has 0 aromatic heterocycles. The summed E-state index contributed by atoms with van der Waals surface area (Å²) in [4.78, 5) is 11.7. The Kier molecular flexibility index (Phi) is 4.95. The Morgan fingerprint density at radius 1 is 1.25 bits per heavy atom. The first-order valence-electron chi connectivity index (χ1n) is 5.74. The van der Waals surface area contributed by atoms with Crippen LogP contribution in [0.4, 0.5) is 0 Å². The first-order valence-corrected chi connectivity index (χ1v) is 5.74. The average Bonchev–Trinajstić information content (AvgIpc) is 2.00. The summed E-state index contributed by atoms with van der Waals surface area (Å²) in [6.07, 6.45) is 0. The van der Waals surface area contributed by atoms with Crippen molar-refractivity contribution in [2.45, 2.75) is 59.5 Å². The quantitative estimate of drug-likeness (QED) is 0.727. The number of nitrogens with one attached hydrogen (secondary N) is 1. The van der Waals surface area contributed by atoms with Crippen LogP contribution < -0.4 is 5.32 Å². The van der Waals surface area contributed by atoms with E-state index in [0.717, 1.165) is 5.06 Å². The van der Waals surface area contributed by atoms with Gasteiger partial charge in [0.05, 0.1) is 0 Å². The van der Waals surface area contributed by atoms with E-state index in [1.165, 1.54) is 0 Å². The van der Waals surface area contributed by atoms with E-state index >= 15 is 0 Å². The molecule has 16 heavy (non-hydrogen) atoms. The number of hydroxylamine groups is 2. The van der Waals surface area contributed by atoms with Gasteiger partial charge in [-0.2, -0.15) is 5.06 Å². The Bertz CT molecular complexity index is 242. The van der Waals surface area contributed by atoms with E-state index in [-0.39, 0.29) is 18.0 Å². The van der Waals surface area contributed by atoms with Gasteiger partial charge in [0, 0.05) is 11.1 Å². The normalized spacial score (nSPS) is 13.4. The number of carbonyl (C=O) groups excluding carboxylic acids is 1. The van der Waals surface area contributed by atoms with Crippen molar-refractivity contribution in [3.63, 3.8) is 0 Å². The minimum Gasteiger partial charge on any atom is -0.350 e. The first-order chi connectivity index (χ1) is 6.97. The number of carbonyl (C=O) groups is 1. The Morgan fingerprint density at radius 2 is 1.69 bits per heavy atom. The number of amides is 1. The van der Waals surface area contributed by atoms with E-state index in [1.54, 1.807) is 0 Å². The third-order valence-electron chi connectivity index (χ3n) is 2.97. The predicted octanol–water partition coefficient (Wildman–Crippen LogP) is 2.03. The highest BCUT2D eigenvalue weighted by molar-refractivity contribution is 5.78. The average molecular weight is 230 g/mol. The molecule has 0 saturated carbocycles. The monoisotopic (exact) mass is 230 g/mol. The van der Waals surface area contributed by atoms with Gasteiger partial charge in [0.2, 0.25) is 5.91 Å². The van der Waals surface area contributed by atoms with E-state index in [4.69, 9.17) is 0 Å². The van der Waals surface area contributed by atoms with Crippen LogP contribution in [0.2, 0.25) is 0 Å². The molecule has 0 aromatic rings. The lowest BCUT2D eigenvalue weighted by Gasteiger charge is -2.33. The largest absolute Gasteiger partial charge is 0.350 e. The van der Waals surface area contributed by atoms with Crippen molar-refractivity contribution < 1.29 is 10.0 Å². The molecule has 1 amide bonds. The second-order valence-electron chi connectivity index (χ2n) is 6.15. The molecule has 4 nitrogen and oxygen atoms in total. The van der Waals surface area contributed by atoms with E-state index in [0.29, 0.717) is 5.92 Å². The summed E-state index contributed by atoms with van der Waals surface area (Å²) in [6.45, 7) is 13.6. The summed E-state index contributed by atoms with van der Waals surface area (Å²) in [5.74, 6) is 0.189. The zero-order valence-corrected chi connectivity index (χ0v) is 11.6. The number of rotatable bonds is 4. The number of hydrogen-bond acceptors (Lipinski definition) is 3. The molecule has 0 aliphatic carbocycles. The van der Waals surface area contributed by atoms with Crippen LogP contribution in [0.3, 0.4) is 0 Å². The van der Waals surface area contributed by atoms with Crippen LogP contribution >= 0.6 is 0 Å². The second kappa shape index (κ2) is 5.15. The molecular weight excluding hydrogens is 204 g/mol. The molecular formula is C12H26N2O2. The van der Waals surface area contributed by atoms with Crippen LogP contribution in [-0.4, -0.2) is 33.8 Å². The fourth-order valence-electron chi connectivity index (χ4n) is 0.916. The molecule has 96 valence electrons. The topological polar surface area (TPSA) is 52.6 Å². The molecule has 0 unspecified atom stereocenters. The Balaban J connectivity index is 4.30. The van der Waals surface area contributed by atoms with E-state index < -0.39 is 5.54 Å². The fraction of sp³-hybridized carbons (Fsp3) is 0.917. The summed E-state index contributed by atoms with van der Waals surface area (Å²) in [7, 11) is 0. The SMILES string of the molecule is CC(C)C(C)(C)NC(=O)CN(O)C(C)(C)C. The zero-order valence-electron chi connectivity index (χ0n) is 11.6. The molecule has 0 aliphatic rings. The molecule has 0 bridgehead atoms. The molecule has 0 atom stereocenters. The van der Waals surface area contributed by atoms with Crippen molar-refractivity contribution in [3.8, 4) is 0 Å². The van der Waals surface area contributed by atoms with Crippen LogP contribution in [0.1, 0.15) is 48.5 Å². The molecule has 0 spiro atoms. The lowest BCUT2D eigenvalue weighted by atomic mass is 9.91. The zero-order chi connectivity index (χ0) is 13.1. The van der Waals surface area contributed by atoms with Gasteiger partial charge in [-0.05, 0) is 40.5 Å². The van der Waals surface area contributed by atoms with Crippen molar-refractivity contribution in [1.29, 1.82) is 0 Å². The fourth-order valence-corrected chi connectivity index (χ4v) is 0.916. The minimum atomic E-state index is -0.417. The van der Waals surface area contributed by atoms with Crippen LogP contribution in [0, 0.1) is 5.92 Å². The third-order valence-corrected chi connectivity index (χ3v) is 2.97. The lowest BCUT2D eigenvalue weighted by Crippen LogP contribution is -2.52. The Hall–Kier alpha value is -0.610. The van der Waals surface area contributed by atoms with Gasteiger partial charge >= 0.3 is 0 Å². The Morgan fingerprint density at radius 3 is 2.00 bits per heavy atom. The van der Waals surface area contributed by atoms with E-state index in [9.17, 15) is 10.0 Å². The molecule has 0 saturated heterocycles. The van der Waals surface area contributed by atoms with Crippen LogP contribution in [-0.2, 0) is 4.79 Å². The molecule has 0 fully saturated rings. The van der Waals surface area contributed by atoms with Crippen molar-refractivity contribution in [3.05, 3.63) is 0 Å². The molecule has 0 radical (unpaired) electrons. The van der Waals surface area contributed by atoms with E-state index in [1.807, 2.05) is 34.6 Å². The molecule has 0 rings (SSSR count). The van der Waals surface area contributed by atoms with Crippen molar-refractivity contribution in [1.82, 2.24) is 10.4 Å². The van der Waals surface area contributed by atoms with Crippen LogP contribution in [0.25, 0.3) is 0 Å². The molecule has 0 aliphatic heterocycles. The van der Waals surface area contributed by atoms with Gasteiger partial charge in [0.15, 0.2) is 0 Å². The summed E-state index contributed by atoms with van der Waals surface area (Å²) >= 11 is 0. The summed E-state index contributed by atoms with van der Waals surface area (Å²) in [5, 5.41) is 13.6. The smallest absolute Gasteiger partial charge is 0.237 e. The standard InChI is InChI=1S/C12H26N2O2/c1-9(2)12(6,7)13-10(15)8-14(16)11(3,4)5/h9,16H,8H2,1-7H3,(H,13,15). The molecule has 4 heteroatoms. The van der Waals surface area contributed by atoms with Crippen molar-refractivity contribution >= 4 is 5.91 Å². The van der Waals surface area contributed by atoms with Gasteiger partial charge in [-0.1, -0.05) is 13.8 Å². The predicted molar refractivity (Wildman–Crippen MR) is 65.3 cm³/mol. The highest BCUT2D eigenvalue weighted by Crippen LogP contribution is 2.15. The maximum atomic E-state index is 11.7. The third kappa shape index (κ3) is 4.94. The molecule has 2 N–H and O–H groups in total. The maximum absolute atomic E-state index is 11.7. The van der Waals surface area contributed by atoms with Gasteiger partial charge in [-0.15, -0.1) is 0 Å². The minimum absolute atomic E-state index is 0.000347. The van der Waals surface area contributed by atoms with Crippen molar-refractivity contribution in [2.75, 3.05) is 6.54 Å².